The Morgan fingerprint density at radius 3 is 2.28 bits per heavy atom. The van der Waals surface area contributed by atoms with Gasteiger partial charge in [0, 0.05) is 19.5 Å². The van der Waals surface area contributed by atoms with Crippen molar-refractivity contribution in [3.8, 4) is 11.1 Å². The molecule has 0 N–H and O–H groups in total. The standard InChI is InChI=1S/C22H25NO2/c1-3-4-5-10-15-23(2)22(24)25-16-21-19-13-8-6-11-17(19)18-12-7-9-14-20(18)21/h3,6-9,11-14,21H,1,4-5,10,15-16H2,2H3. The number of benzene rings is 2. The molecule has 25 heavy (non-hydrogen) atoms. The second kappa shape index (κ2) is 8.02. The average Bonchev–Trinajstić information content (AvgIpc) is 2.97. The number of hydrogen-bond acceptors (Lipinski definition) is 2. The van der Waals surface area contributed by atoms with Crippen molar-refractivity contribution >= 4 is 6.09 Å². The topological polar surface area (TPSA) is 29.5 Å². The van der Waals surface area contributed by atoms with E-state index in [0.29, 0.717) is 13.2 Å². The molecule has 0 spiro atoms. The molecule has 3 rings (SSSR count). The minimum Gasteiger partial charge on any atom is -0.448 e. The summed E-state index contributed by atoms with van der Waals surface area (Å²) in [5, 5.41) is 0. The van der Waals surface area contributed by atoms with Crippen LogP contribution in [-0.2, 0) is 4.74 Å². The van der Waals surface area contributed by atoms with E-state index in [2.05, 4.69) is 43.0 Å². The first-order valence-electron chi connectivity index (χ1n) is 8.89. The summed E-state index contributed by atoms with van der Waals surface area (Å²) in [4.78, 5) is 13.9. The zero-order valence-corrected chi connectivity index (χ0v) is 14.8. The van der Waals surface area contributed by atoms with Crippen LogP contribution in [0.4, 0.5) is 4.79 Å². The number of fused-ring (bicyclic) bond motifs is 3. The molecular formula is C22H25NO2. The zero-order valence-electron chi connectivity index (χ0n) is 14.8. The second-order valence-corrected chi connectivity index (χ2v) is 6.51. The van der Waals surface area contributed by atoms with Crippen molar-refractivity contribution in [3.63, 3.8) is 0 Å². The van der Waals surface area contributed by atoms with E-state index in [1.165, 1.54) is 22.3 Å². The monoisotopic (exact) mass is 335 g/mol. The summed E-state index contributed by atoms with van der Waals surface area (Å²) in [6.45, 7) is 4.81. The fourth-order valence-electron chi connectivity index (χ4n) is 3.43. The summed E-state index contributed by atoms with van der Waals surface area (Å²) in [5.74, 6) is 0.116. The maximum atomic E-state index is 12.3. The lowest BCUT2D eigenvalue weighted by atomic mass is 9.98. The van der Waals surface area contributed by atoms with Gasteiger partial charge in [-0.05, 0) is 41.5 Å². The average molecular weight is 335 g/mol. The van der Waals surface area contributed by atoms with E-state index in [0.717, 1.165) is 19.3 Å². The third kappa shape index (κ3) is 3.76. The molecule has 1 amide bonds. The lowest BCUT2D eigenvalue weighted by Gasteiger charge is -2.19. The van der Waals surface area contributed by atoms with Gasteiger partial charge in [-0.3, -0.25) is 0 Å². The molecule has 0 bridgehead atoms. The van der Waals surface area contributed by atoms with E-state index in [1.807, 2.05) is 18.2 Å². The Morgan fingerprint density at radius 1 is 1.08 bits per heavy atom. The van der Waals surface area contributed by atoms with E-state index in [4.69, 9.17) is 4.74 Å². The van der Waals surface area contributed by atoms with Crippen molar-refractivity contribution in [2.24, 2.45) is 0 Å². The molecule has 1 aliphatic rings. The van der Waals surface area contributed by atoms with Crippen molar-refractivity contribution in [1.82, 2.24) is 4.90 Å². The van der Waals surface area contributed by atoms with Gasteiger partial charge in [-0.25, -0.2) is 4.79 Å². The predicted molar refractivity (Wildman–Crippen MR) is 102 cm³/mol. The number of nitrogens with zero attached hydrogens (tertiary/aromatic N) is 1. The predicted octanol–water partition coefficient (Wildman–Crippen LogP) is 5.22. The molecule has 0 atom stereocenters. The summed E-state index contributed by atoms with van der Waals surface area (Å²) >= 11 is 0. The SMILES string of the molecule is C=CCCCCN(C)C(=O)OCC1c2ccccc2-c2ccccc21. The van der Waals surface area contributed by atoms with Crippen LogP contribution in [0.15, 0.2) is 61.2 Å². The number of allylic oxidation sites excluding steroid dienone is 1. The molecule has 0 aromatic heterocycles. The molecule has 3 heteroatoms. The molecule has 0 heterocycles. The minimum absolute atomic E-state index is 0.116. The van der Waals surface area contributed by atoms with E-state index < -0.39 is 0 Å². The molecule has 2 aromatic rings. The largest absolute Gasteiger partial charge is 0.448 e. The van der Waals surface area contributed by atoms with Crippen LogP contribution in [-0.4, -0.2) is 31.2 Å². The van der Waals surface area contributed by atoms with Crippen molar-refractivity contribution < 1.29 is 9.53 Å². The number of amides is 1. The molecule has 3 nitrogen and oxygen atoms in total. The fourth-order valence-corrected chi connectivity index (χ4v) is 3.43. The third-order valence-corrected chi connectivity index (χ3v) is 4.80. The van der Waals surface area contributed by atoms with Crippen molar-refractivity contribution in [3.05, 3.63) is 72.3 Å². The maximum absolute atomic E-state index is 12.3. The van der Waals surface area contributed by atoms with Gasteiger partial charge in [-0.15, -0.1) is 6.58 Å². The van der Waals surface area contributed by atoms with E-state index in [-0.39, 0.29) is 12.0 Å². The highest BCUT2D eigenvalue weighted by atomic mass is 16.6. The van der Waals surface area contributed by atoms with Crippen LogP contribution in [0.1, 0.15) is 36.3 Å². The highest BCUT2D eigenvalue weighted by Crippen LogP contribution is 2.44. The highest BCUT2D eigenvalue weighted by molar-refractivity contribution is 5.79. The van der Waals surface area contributed by atoms with Gasteiger partial charge < -0.3 is 9.64 Å². The van der Waals surface area contributed by atoms with Crippen LogP contribution in [0, 0.1) is 0 Å². The van der Waals surface area contributed by atoms with Gasteiger partial charge in [0.15, 0.2) is 0 Å². The molecule has 0 saturated carbocycles. The lowest BCUT2D eigenvalue weighted by molar-refractivity contribution is 0.108. The summed E-state index contributed by atoms with van der Waals surface area (Å²) in [6.07, 6.45) is 4.66. The number of carbonyl (C=O) groups is 1. The van der Waals surface area contributed by atoms with Crippen LogP contribution < -0.4 is 0 Å². The summed E-state index contributed by atoms with van der Waals surface area (Å²) < 4.78 is 5.63. The second-order valence-electron chi connectivity index (χ2n) is 6.51. The van der Waals surface area contributed by atoms with Gasteiger partial charge in [-0.1, -0.05) is 54.6 Å². The van der Waals surface area contributed by atoms with Crippen LogP contribution >= 0.6 is 0 Å². The summed E-state index contributed by atoms with van der Waals surface area (Å²) in [5.41, 5.74) is 4.98. The summed E-state index contributed by atoms with van der Waals surface area (Å²) in [7, 11) is 1.80. The third-order valence-electron chi connectivity index (χ3n) is 4.80. The lowest BCUT2D eigenvalue weighted by Crippen LogP contribution is -2.29. The van der Waals surface area contributed by atoms with Gasteiger partial charge in [0.25, 0.3) is 0 Å². The molecule has 0 unspecified atom stereocenters. The van der Waals surface area contributed by atoms with Crippen LogP contribution in [0.5, 0.6) is 0 Å². The summed E-state index contributed by atoms with van der Waals surface area (Å²) in [6, 6.07) is 16.8. The first-order chi connectivity index (χ1) is 12.2. The Hall–Kier alpha value is -2.55. The van der Waals surface area contributed by atoms with Crippen molar-refractivity contribution in [2.45, 2.75) is 25.2 Å². The molecule has 0 saturated heterocycles. The normalized spacial score (nSPS) is 12.4. The Morgan fingerprint density at radius 2 is 1.68 bits per heavy atom. The van der Waals surface area contributed by atoms with Gasteiger partial charge in [-0.2, -0.15) is 0 Å². The van der Waals surface area contributed by atoms with Crippen LogP contribution in [0.2, 0.25) is 0 Å². The van der Waals surface area contributed by atoms with E-state index in [9.17, 15) is 4.79 Å². The first-order valence-corrected chi connectivity index (χ1v) is 8.89. The molecule has 0 radical (unpaired) electrons. The van der Waals surface area contributed by atoms with E-state index >= 15 is 0 Å². The first kappa shape index (κ1) is 17.3. The van der Waals surface area contributed by atoms with Gasteiger partial charge in [0.05, 0.1) is 0 Å². The number of carbonyl (C=O) groups excluding carboxylic acids is 1. The highest BCUT2D eigenvalue weighted by Gasteiger charge is 2.29. The molecule has 0 aliphatic heterocycles. The Labute approximate surface area is 149 Å². The minimum atomic E-state index is -0.250. The van der Waals surface area contributed by atoms with Crippen molar-refractivity contribution in [2.75, 3.05) is 20.2 Å². The zero-order chi connectivity index (χ0) is 17.6. The van der Waals surface area contributed by atoms with Crippen molar-refractivity contribution in [1.29, 1.82) is 0 Å². The maximum Gasteiger partial charge on any atom is 0.409 e. The van der Waals surface area contributed by atoms with Crippen LogP contribution in [0.3, 0.4) is 0 Å². The molecule has 2 aromatic carbocycles. The molecule has 130 valence electrons. The Kier molecular flexibility index (Phi) is 5.54. The van der Waals surface area contributed by atoms with Gasteiger partial charge >= 0.3 is 6.09 Å². The number of rotatable bonds is 7. The smallest absolute Gasteiger partial charge is 0.409 e. The quantitative estimate of drug-likeness (QED) is 0.512. The Bertz CT molecular complexity index is 708. The molecule has 0 fully saturated rings. The van der Waals surface area contributed by atoms with Gasteiger partial charge in [0.2, 0.25) is 0 Å². The Balaban J connectivity index is 1.63. The molecular weight excluding hydrogens is 310 g/mol. The van der Waals surface area contributed by atoms with Crippen LogP contribution in [0.25, 0.3) is 11.1 Å². The number of hydrogen-bond donors (Lipinski definition) is 0. The molecule has 1 aliphatic carbocycles. The number of ether oxygens (including phenoxy) is 1. The van der Waals surface area contributed by atoms with E-state index in [1.54, 1.807) is 11.9 Å². The number of unbranched alkanes of at least 4 members (excludes halogenated alkanes) is 2. The fraction of sp³-hybridized carbons (Fsp3) is 0.318. The van der Waals surface area contributed by atoms with Gasteiger partial charge in [0.1, 0.15) is 6.61 Å².